The van der Waals surface area contributed by atoms with E-state index in [4.69, 9.17) is 10.8 Å². The van der Waals surface area contributed by atoms with Crippen LogP contribution in [-0.2, 0) is 6.18 Å². The molecule has 0 saturated heterocycles. The van der Waals surface area contributed by atoms with Gasteiger partial charge < -0.3 is 10.8 Å². The van der Waals surface area contributed by atoms with Crippen molar-refractivity contribution in [1.29, 1.82) is 0 Å². The van der Waals surface area contributed by atoms with Gasteiger partial charge in [0.15, 0.2) is 0 Å². The molecule has 0 aliphatic heterocycles. The van der Waals surface area contributed by atoms with Gasteiger partial charge in [-0.2, -0.15) is 13.2 Å². The summed E-state index contributed by atoms with van der Waals surface area (Å²) >= 11 is 0. The lowest BCUT2D eigenvalue weighted by atomic mass is 10.0. The monoisotopic (exact) mass is 259 g/mol. The summed E-state index contributed by atoms with van der Waals surface area (Å²) < 4.78 is 37.7. The summed E-state index contributed by atoms with van der Waals surface area (Å²) in [6.45, 7) is 0.376. The van der Waals surface area contributed by atoms with Gasteiger partial charge in [0.25, 0.3) is 0 Å². The van der Waals surface area contributed by atoms with E-state index in [9.17, 15) is 18.0 Å². The first-order chi connectivity index (χ1) is 8.34. The zero-order valence-corrected chi connectivity index (χ0v) is 9.37. The number of carboxylic acid groups (broad SMARTS) is 1. The van der Waals surface area contributed by atoms with Crippen LogP contribution in [0.15, 0.2) is 24.3 Å². The van der Waals surface area contributed by atoms with Gasteiger partial charge in [-0.25, -0.2) is 4.79 Å². The minimum absolute atomic E-state index is 0.190. The van der Waals surface area contributed by atoms with Crippen LogP contribution in [0.4, 0.5) is 13.2 Å². The average Bonchev–Trinajstić information content (AvgIpc) is 2.28. The number of hydrogen-bond acceptors (Lipinski definition) is 2. The van der Waals surface area contributed by atoms with Crippen molar-refractivity contribution in [2.75, 3.05) is 6.54 Å². The molecule has 98 valence electrons. The van der Waals surface area contributed by atoms with Gasteiger partial charge in [-0.1, -0.05) is 12.2 Å². The predicted octanol–water partition coefficient (Wildman–Crippen LogP) is 2.77. The Morgan fingerprint density at radius 1 is 1.33 bits per heavy atom. The van der Waals surface area contributed by atoms with Gasteiger partial charge in [-0.05, 0) is 36.7 Å². The zero-order valence-electron chi connectivity index (χ0n) is 9.37. The molecule has 0 amide bonds. The molecule has 1 aromatic carbocycles. The number of hydrogen-bond donors (Lipinski definition) is 2. The number of halogens is 3. The third-order valence-corrected chi connectivity index (χ3v) is 2.17. The maximum Gasteiger partial charge on any atom is 0.416 e. The van der Waals surface area contributed by atoms with E-state index in [1.54, 1.807) is 6.08 Å². The number of carbonyl (C=O) groups is 1. The Morgan fingerprint density at radius 2 is 2.00 bits per heavy atom. The standard InChI is InChI=1S/C12H12F3NO2/c13-12(14,15)10-6-8(3-1-2-4-16)5-9(7-10)11(17)18/h1,3,5-7H,2,4,16H2,(H,17,18). The molecule has 1 rings (SSSR count). The fraction of sp³-hybridized carbons (Fsp3) is 0.250. The molecule has 0 atom stereocenters. The van der Waals surface area contributed by atoms with Gasteiger partial charge in [0, 0.05) is 0 Å². The van der Waals surface area contributed by atoms with Crippen molar-refractivity contribution in [3.05, 3.63) is 41.0 Å². The fourth-order valence-electron chi connectivity index (χ4n) is 1.35. The number of nitrogens with two attached hydrogens (primary N) is 1. The van der Waals surface area contributed by atoms with E-state index >= 15 is 0 Å². The molecule has 0 aliphatic carbocycles. The highest BCUT2D eigenvalue weighted by molar-refractivity contribution is 5.88. The van der Waals surface area contributed by atoms with E-state index in [1.807, 2.05) is 0 Å². The van der Waals surface area contributed by atoms with Crippen molar-refractivity contribution in [2.24, 2.45) is 5.73 Å². The third-order valence-electron chi connectivity index (χ3n) is 2.17. The molecule has 0 aliphatic rings. The summed E-state index contributed by atoms with van der Waals surface area (Å²) in [6, 6.07) is 2.70. The van der Waals surface area contributed by atoms with Crippen LogP contribution in [0.25, 0.3) is 6.08 Å². The highest BCUT2D eigenvalue weighted by atomic mass is 19.4. The van der Waals surface area contributed by atoms with Gasteiger partial charge in [-0.3, -0.25) is 0 Å². The maximum absolute atomic E-state index is 12.6. The van der Waals surface area contributed by atoms with Crippen molar-refractivity contribution in [2.45, 2.75) is 12.6 Å². The molecule has 6 heteroatoms. The normalized spacial score (nSPS) is 12.0. The van der Waals surface area contributed by atoms with E-state index < -0.39 is 23.3 Å². The Kier molecular flexibility index (Phi) is 4.49. The molecule has 18 heavy (non-hydrogen) atoms. The predicted molar refractivity (Wildman–Crippen MR) is 61.1 cm³/mol. The minimum atomic E-state index is -4.57. The molecule has 0 saturated carbocycles. The Bertz CT molecular complexity index is 467. The lowest BCUT2D eigenvalue weighted by molar-refractivity contribution is -0.137. The second-order valence-corrected chi connectivity index (χ2v) is 3.63. The SMILES string of the molecule is NCCC=Cc1cc(C(=O)O)cc(C(F)(F)F)c1. The van der Waals surface area contributed by atoms with Crippen molar-refractivity contribution < 1.29 is 23.1 Å². The molecule has 0 bridgehead atoms. The first kappa shape index (κ1) is 14.2. The van der Waals surface area contributed by atoms with Crippen molar-refractivity contribution >= 4 is 12.0 Å². The van der Waals surface area contributed by atoms with Crippen LogP contribution >= 0.6 is 0 Å². The number of rotatable bonds is 4. The van der Waals surface area contributed by atoms with Crippen LogP contribution in [0.5, 0.6) is 0 Å². The van der Waals surface area contributed by atoms with Gasteiger partial charge in [0.1, 0.15) is 0 Å². The second-order valence-electron chi connectivity index (χ2n) is 3.63. The minimum Gasteiger partial charge on any atom is -0.478 e. The molecule has 3 nitrogen and oxygen atoms in total. The molecular formula is C12H12F3NO2. The molecule has 0 unspecified atom stereocenters. The lowest BCUT2D eigenvalue weighted by Gasteiger charge is -2.08. The smallest absolute Gasteiger partial charge is 0.416 e. The topological polar surface area (TPSA) is 63.3 Å². The van der Waals surface area contributed by atoms with E-state index in [0.29, 0.717) is 19.0 Å². The molecule has 0 aromatic heterocycles. The van der Waals surface area contributed by atoms with Gasteiger partial charge in [-0.15, -0.1) is 0 Å². The lowest BCUT2D eigenvalue weighted by Crippen LogP contribution is -2.08. The summed E-state index contributed by atoms with van der Waals surface area (Å²) in [7, 11) is 0. The summed E-state index contributed by atoms with van der Waals surface area (Å²) in [5.41, 5.74) is 4.07. The summed E-state index contributed by atoms with van der Waals surface area (Å²) in [4.78, 5) is 10.8. The quantitative estimate of drug-likeness (QED) is 0.873. The first-order valence-electron chi connectivity index (χ1n) is 5.17. The van der Waals surface area contributed by atoms with E-state index in [-0.39, 0.29) is 5.56 Å². The van der Waals surface area contributed by atoms with E-state index in [2.05, 4.69) is 0 Å². The molecule has 3 N–H and O–H groups in total. The Morgan fingerprint density at radius 3 is 2.50 bits per heavy atom. The summed E-state index contributed by atoms with van der Waals surface area (Å²) in [5, 5.41) is 8.76. The van der Waals surface area contributed by atoms with Crippen molar-refractivity contribution in [3.63, 3.8) is 0 Å². The number of aromatic carboxylic acids is 1. The Labute approximate surface area is 102 Å². The highest BCUT2D eigenvalue weighted by Crippen LogP contribution is 2.31. The number of alkyl halides is 3. The Hall–Kier alpha value is -1.82. The van der Waals surface area contributed by atoms with Gasteiger partial charge in [0.2, 0.25) is 0 Å². The largest absolute Gasteiger partial charge is 0.478 e. The molecule has 1 aromatic rings. The van der Waals surface area contributed by atoms with Crippen molar-refractivity contribution in [1.82, 2.24) is 0 Å². The summed E-state index contributed by atoms with van der Waals surface area (Å²) in [6.07, 6.45) is -1.03. The first-order valence-corrected chi connectivity index (χ1v) is 5.17. The molecular weight excluding hydrogens is 247 g/mol. The number of benzene rings is 1. The molecule has 0 spiro atoms. The molecule has 0 fully saturated rings. The highest BCUT2D eigenvalue weighted by Gasteiger charge is 2.31. The van der Waals surface area contributed by atoms with Gasteiger partial charge in [0.05, 0.1) is 11.1 Å². The van der Waals surface area contributed by atoms with Crippen LogP contribution in [0.1, 0.15) is 27.9 Å². The summed E-state index contributed by atoms with van der Waals surface area (Å²) in [5.74, 6) is -1.39. The zero-order chi connectivity index (χ0) is 13.8. The maximum atomic E-state index is 12.6. The Balaban J connectivity index is 3.18. The van der Waals surface area contributed by atoms with Crippen LogP contribution in [0.2, 0.25) is 0 Å². The third kappa shape index (κ3) is 3.89. The van der Waals surface area contributed by atoms with Crippen LogP contribution in [0.3, 0.4) is 0 Å². The fourth-order valence-corrected chi connectivity index (χ4v) is 1.35. The van der Waals surface area contributed by atoms with Gasteiger partial charge >= 0.3 is 12.1 Å². The molecule has 0 radical (unpaired) electrons. The second kappa shape index (κ2) is 5.68. The average molecular weight is 259 g/mol. The van der Waals surface area contributed by atoms with Crippen molar-refractivity contribution in [3.8, 4) is 0 Å². The van der Waals surface area contributed by atoms with E-state index in [1.165, 1.54) is 12.1 Å². The van der Waals surface area contributed by atoms with E-state index in [0.717, 1.165) is 6.07 Å². The van der Waals surface area contributed by atoms with Crippen LogP contribution in [0, 0.1) is 0 Å². The van der Waals surface area contributed by atoms with Crippen LogP contribution in [-0.4, -0.2) is 17.6 Å². The molecule has 0 heterocycles. The number of carboxylic acids is 1. The van der Waals surface area contributed by atoms with Crippen LogP contribution < -0.4 is 5.73 Å².